The van der Waals surface area contributed by atoms with Crippen molar-refractivity contribution < 1.29 is 9.53 Å². The molecular weight excluding hydrogens is 356 g/mol. The SMILES string of the molecule is Cc1ccc(Cl)c2sc(=NC(=O)c3ccc(OC(C)C)cc3)n(C)c12. The van der Waals surface area contributed by atoms with Gasteiger partial charge >= 0.3 is 0 Å². The molecule has 3 aromatic rings. The number of amides is 1. The molecule has 3 rings (SSSR count). The van der Waals surface area contributed by atoms with Crippen LogP contribution in [0.1, 0.15) is 29.8 Å². The topological polar surface area (TPSA) is 43.6 Å². The molecule has 0 aliphatic carbocycles. The predicted octanol–water partition coefficient (Wildman–Crippen LogP) is 4.73. The fourth-order valence-electron chi connectivity index (χ4n) is 2.61. The number of benzene rings is 2. The number of hydrogen-bond donors (Lipinski definition) is 0. The highest BCUT2D eigenvalue weighted by molar-refractivity contribution is 7.17. The zero-order valence-electron chi connectivity index (χ0n) is 14.5. The molecule has 0 atom stereocenters. The molecule has 0 aliphatic heterocycles. The second kappa shape index (κ2) is 7.02. The Hall–Kier alpha value is -2.11. The summed E-state index contributed by atoms with van der Waals surface area (Å²) in [5, 5.41) is 0.672. The number of fused-ring (bicyclic) bond motifs is 1. The third kappa shape index (κ3) is 3.62. The van der Waals surface area contributed by atoms with Crippen LogP contribution in [0.3, 0.4) is 0 Å². The van der Waals surface area contributed by atoms with Gasteiger partial charge < -0.3 is 9.30 Å². The van der Waals surface area contributed by atoms with E-state index in [2.05, 4.69) is 4.99 Å². The first kappa shape index (κ1) is 17.7. The molecule has 0 fully saturated rings. The van der Waals surface area contributed by atoms with Crippen LogP contribution in [0.5, 0.6) is 5.75 Å². The Kier molecular flexibility index (Phi) is 4.97. The number of carbonyl (C=O) groups is 1. The second-order valence-electron chi connectivity index (χ2n) is 6.09. The van der Waals surface area contributed by atoms with Gasteiger partial charge in [-0.15, -0.1) is 0 Å². The molecule has 2 aromatic carbocycles. The molecule has 25 heavy (non-hydrogen) atoms. The molecule has 0 N–H and O–H groups in total. The fraction of sp³-hybridized carbons (Fsp3) is 0.263. The summed E-state index contributed by atoms with van der Waals surface area (Å²) in [6.45, 7) is 5.94. The van der Waals surface area contributed by atoms with Gasteiger partial charge in [0, 0.05) is 12.6 Å². The second-order valence-corrected chi connectivity index (χ2v) is 7.48. The highest BCUT2D eigenvalue weighted by Gasteiger charge is 2.11. The van der Waals surface area contributed by atoms with Crippen LogP contribution in [0.2, 0.25) is 5.02 Å². The first-order chi connectivity index (χ1) is 11.9. The normalized spacial score (nSPS) is 12.2. The number of aromatic nitrogens is 1. The van der Waals surface area contributed by atoms with Crippen LogP contribution in [-0.4, -0.2) is 16.6 Å². The Labute approximate surface area is 155 Å². The summed E-state index contributed by atoms with van der Waals surface area (Å²) < 4.78 is 8.45. The Bertz CT molecular complexity index is 1000. The number of halogens is 1. The molecular formula is C19H19ClN2O2S. The number of hydrogen-bond acceptors (Lipinski definition) is 3. The van der Waals surface area contributed by atoms with E-state index in [-0.39, 0.29) is 12.0 Å². The largest absolute Gasteiger partial charge is 0.491 e. The van der Waals surface area contributed by atoms with Gasteiger partial charge in [0.05, 0.1) is 21.3 Å². The van der Waals surface area contributed by atoms with Crippen LogP contribution >= 0.6 is 22.9 Å². The van der Waals surface area contributed by atoms with Crippen LogP contribution in [0.25, 0.3) is 10.2 Å². The average Bonchev–Trinajstić information content (AvgIpc) is 2.89. The Morgan fingerprint density at radius 1 is 1.20 bits per heavy atom. The van der Waals surface area contributed by atoms with E-state index in [0.29, 0.717) is 15.4 Å². The summed E-state index contributed by atoms with van der Waals surface area (Å²) in [6.07, 6.45) is 0.0943. The van der Waals surface area contributed by atoms with Crippen molar-refractivity contribution in [3.8, 4) is 5.75 Å². The van der Waals surface area contributed by atoms with Crippen LogP contribution in [0.4, 0.5) is 0 Å². The molecule has 0 bridgehead atoms. The lowest BCUT2D eigenvalue weighted by Crippen LogP contribution is -2.13. The van der Waals surface area contributed by atoms with E-state index in [1.807, 2.05) is 44.5 Å². The highest BCUT2D eigenvalue weighted by Crippen LogP contribution is 2.28. The maximum Gasteiger partial charge on any atom is 0.279 e. The van der Waals surface area contributed by atoms with E-state index in [4.69, 9.17) is 16.3 Å². The summed E-state index contributed by atoms with van der Waals surface area (Å²) in [6, 6.07) is 10.9. The van der Waals surface area contributed by atoms with Crippen LogP contribution < -0.4 is 9.54 Å². The Morgan fingerprint density at radius 2 is 1.88 bits per heavy atom. The van der Waals surface area contributed by atoms with Gasteiger partial charge in [-0.3, -0.25) is 4.79 Å². The first-order valence-corrected chi connectivity index (χ1v) is 9.16. The van der Waals surface area contributed by atoms with E-state index < -0.39 is 0 Å². The van der Waals surface area contributed by atoms with Gasteiger partial charge in [0.25, 0.3) is 5.91 Å². The highest BCUT2D eigenvalue weighted by atomic mass is 35.5. The quantitative estimate of drug-likeness (QED) is 0.665. The minimum Gasteiger partial charge on any atom is -0.491 e. The van der Waals surface area contributed by atoms with E-state index in [1.165, 1.54) is 11.3 Å². The molecule has 1 amide bonds. The monoisotopic (exact) mass is 374 g/mol. The molecule has 0 radical (unpaired) electrons. The lowest BCUT2D eigenvalue weighted by Gasteiger charge is -2.09. The van der Waals surface area contributed by atoms with E-state index in [1.54, 1.807) is 24.3 Å². The maximum absolute atomic E-state index is 12.5. The van der Waals surface area contributed by atoms with Gasteiger partial charge in [-0.2, -0.15) is 4.99 Å². The minimum absolute atomic E-state index is 0.0943. The van der Waals surface area contributed by atoms with Gasteiger partial charge in [0.1, 0.15) is 5.75 Å². The third-order valence-electron chi connectivity index (χ3n) is 3.77. The van der Waals surface area contributed by atoms with Crippen molar-refractivity contribution >= 4 is 39.1 Å². The number of nitrogens with zero attached hydrogens (tertiary/aromatic N) is 2. The van der Waals surface area contributed by atoms with Crippen LogP contribution in [0.15, 0.2) is 41.4 Å². The van der Waals surface area contributed by atoms with Crippen molar-refractivity contribution in [2.45, 2.75) is 26.9 Å². The van der Waals surface area contributed by atoms with E-state index in [9.17, 15) is 4.79 Å². The molecule has 0 spiro atoms. The number of rotatable bonds is 3. The molecule has 1 aromatic heterocycles. The minimum atomic E-state index is -0.285. The summed E-state index contributed by atoms with van der Waals surface area (Å²) in [5.74, 6) is 0.452. The van der Waals surface area contributed by atoms with E-state index in [0.717, 1.165) is 21.5 Å². The molecule has 0 saturated heterocycles. The lowest BCUT2D eigenvalue weighted by atomic mass is 10.2. The average molecular weight is 375 g/mol. The Morgan fingerprint density at radius 3 is 2.48 bits per heavy atom. The molecule has 4 nitrogen and oxygen atoms in total. The lowest BCUT2D eigenvalue weighted by molar-refractivity contribution is 0.0998. The van der Waals surface area contributed by atoms with Gasteiger partial charge in [0.2, 0.25) is 0 Å². The summed E-state index contributed by atoms with van der Waals surface area (Å²) in [4.78, 5) is 17.4. The summed E-state index contributed by atoms with van der Waals surface area (Å²) in [7, 11) is 1.90. The van der Waals surface area contributed by atoms with Crippen LogP contribution in [-0.2, 0) is 7.05 Å². The predicted molar refractivity (Wildman–Crippen MR) is 103 cm³/mol. The van der Waals surface area contributed by atoms with Crippen molar-refractivity contribution in [1.82, 2.24) is 4.57 Å². The van der Waals surface area contributed by atoms with Gasteiger partial charge in [-0.25, -0.2) is 0 Å². The van der Waals surface area contributed by atoms with Crippen molar-refractivity contribution in [1.29, 1.82) is 0 Å². The van der Waals surface area contributed by atoms with Gasteiger partial charge in [0.15, 0.2) is 4.80 Å². The van der Waals surface area contributed by atoms with Crippen molar-refractivity contribution in [2.24, 2.45) is 12.0 Å². The van der Waals surface area contributed by atoms with Crippen LogP contribution in [0, 0.1) is 6.92 Å². The van der Waals surface area contributed by atoms with Crippen molar-refractivity contribution in [2.75, 3.05) is 0 Å². The molecule has 0 unspecified atom stereocenters. The number of thiazole rings is 1. The molecule has 0 aliphatic rings. The zero-order chi connectivity index (χ0) is 18.1. The molecule has 130 valence electrons. The van der Waals surface area contributed by atoms with Gasteiger partial charge in [-0.05, 0) is 56.7 Å². The number of carbonyl (C=O) groups excluding carboxylic acids is 1. The maximum atomic E-state index is 12.5. The summed E-state index contributed by atoms with van der Waals surface area (Å²) in [5.41, 5.74) is 2.63. The first-order valence-electron chi connectivity index (χ1n) is 7.97. The number of aryl methyl sites for hydroxylation is 2. The standard InChI is InChI=1S/C19H19ClN2O2S/c1-11(2)24-14-8-6-13(7-9-14)18(23)21-19-22(4)16-12(3)5-10-15(20)17(16)25-19/h5-11H,1-4H3. The molecule has 6 heteroatoms. The fourth-order valence-corrected chi connectivity index (χ4v) is 3.98. The number of ether oxygens (including phenoxy) is 1. The summed E-state index contributed by atoms with van der Waals surface area (Å²) >= 11 is 7.70. The van der Waals surface area contributed by atoms with Crippen molar-refractivity contribution in [3.63, 3.8) is 0 Å². The zero-order valence-corrected chi connectivity index (χ0v) is 16.1. The van der Waals surface area contributed by atoms with Crippen molar-refractivity contribution in [3.05, 3.63) is 57.3 Å². The molecule has 1 heterocycles. The Balaban J connectivity index is 1.99. The third-order valence-corrected chi connectivity index (χ3v) is 5.36. The molecule has 0 saturated carbocycles. The smallest absolute Gasteiger partial charge is 0.279 e. The van der Waals surface area contributed by atoms with E-state index >= 15 is 0 Å². The van der Waals surface area contributed by atoms with Gasteiger partial charge in [-0.1, -0.05) is 29.0 Å².